The van der Waals surface area contributed by atoms with Gasteiger partial charge in [-0.3, -0.25) is 19.1 Å². The maximum atomic E-state index is 12.3. The Balaban J connectivity index is 1.88. The lowest BCUT2D eigenvalue weighted by atomic mass is 10.1. The molecule has 0 saturated heterocycles. The molecule has 0 aliphatic carbocycles. The van der Waals surface area contributed by atoms with Crippen molar-refractivity contribution < 1.29 is 19.1 Å². The van der Waals surface area contributed by atoms with Crippen molar-refractivity contribution in [1.29, 1.82) is 0 Å². The van der Waals surface area contributed by atoms with E-state index in [0.717, 1.165) is 22.5 Å². The van der Waals surface area contributed by atoms with Gasteiger partial charge < -0.3 is 15.4 Å². The van der Waals surface area contributed by atoms with Crippen LogP contribution in [0.1, 0.15) is 22.5 Å². The molecule has 8 heteroatoms. The van der Waals surface area contributed by atoms with Crippen molar-refractivity contribution in [3.8, 4) is 0 Å². The van der Waals surface area contributed by atoms with E-state index in [-0.39, 0.29) is 31.2 Å². The lowest BCUT2D eigenvalue weighted by Gasteiger charge is -2.08. The molecule has 8 nitrogen and oxygen atoms in total. The van der Waals surface area contributed by atoms with Crippen molar-refractivity contribution in [2.45, 2.75) is 26.7 Å². The molecule has 0 radical (unpaired) electrons. The molecule has 0 bridgehead atoms. The quantitative estimate of drug-likeness (QED) is 0.708. The highest BCUT2D eigenvalue weighted by Crippen LogP contribution is 2.15. The number of benzene rings is 1. The number of nitrogens with one attached hydrogen (secondary N) is 2. The van der Waals surface area contributed by atoms with Gasteiger partial charge in [-0.05, 0) is 31.5 Å². The highest BCUT2D eigenvalue weighted by molar-refractivity contribution is 5.92. The van der Waals surface area contributed by atoms with E-state index in [4.69, 9.17) is 0 Å². The summed E-state index contributed by atoms with van der Waals surface area (Å²) in [7, 11) is 3.11. The van der Waals surface area contributed by atoms with Crippen molar-refractivity contribution in [2.24, 2.45) is 7.05 Å². The Morgan fingerprint density at radius 1 is 1.07 bits per heavy atom. The van der Waals surface area contributed by atoms with Gasteiger partial charge >= 0.3 is 5.97 Å². The van der Waals surface area contributed by atoms with E-state index in [1.54, 1.807) is 28.9 Å². The van der Waals surface area contributed by atoms with E-state index in [2.05, 4.69) is 20.5 Å². The topological polar surface area (TPSA) is 102 Å². The SMILES string of the molecule is COC(=O)CNC(=O)Cc1ccc(NC(=O)Cc2c(C)nn(C)c2C)cc1. The van der Waals surface area contributed by atoms with Crippen LogP contribution in [0.4, 0.5) is 5.69 Å². The maximum Gasteiger partial charge on any atom is 0.325 e. The number of ether oxygens (including phenoxy) is 1. The molecule has 1 heterocycles. The third kappa shape index (κ3) is 5.67. The largest absolute Gasteiger partial charge is 0.468 e. The minimum atomic E-state index is -0.500. The summed E-state index contributed by atoms with van der Waals surface area (Å²) in [5, 5.41) is 9.63. The number of carbonyl (C=O) groups excluding carboxylic acids is 3. The summed E-state index contributed by atoms with van der Waals surface area (Å²) in [4.78, 5) is 35.1. The summed E-state index contributed by atoms with van der Waals surface area (Å²) < 4.78 is 6.22. The van der Waals surface area contributed by atoms with Crippen LogP contribution in [0.2, 0.25) is 0 Å². The number of rotatable bonds is 7. The van der Waals surface area contributed by atoms with Crippen LogP contribution in [-0.4, -0.2) is 41.2 Å². The molecular formula is C19H24N4O4. The Labute approximate surface area is 157 Å². The molecule has 2 rings (SSSR count). The Kier molecular flexibility index (Phi) is 6.70. The molecule has 27 heavy (non-hydrogen) atoms. The lowest BCUT2D eigenvalue weighted by Crippen LogP contribution is -2.31. The van der Waals surface area contributed by atoms with E-state index in [0.29, 0.717) is 5.69 Å². The van der Waals surface area contributed by atoms with E-state index < -0.39 is 5.97 Å². The Morgan fingerprint density at radius 3 is 2.30 bits per heavy atom. The number of anilines is 1. The predicted molar refractivity (Wildman–Crippen MR) is 100 cm³/mol. The Bertz CT molecular complexity index is 840. The molecule has 2 aromatic rings. The second-order valence-electron chi connectivity index (χ2n) is 6.22. The summed E-state index contributed by atoms with van der Waals surface area (Å²) in [6.07, 6.45) is 0.391. The summed E-state index contributed by atoms with van der Waals surface area (Å²) in [5.41, 5.74) is 4.16. The summed E-state index contributed by atoms with van der Waals surface area (Å²) in [6.45, 7) is 3.66. The number of hydrogen-bond acceptors (Lipinski definition) is 5. The summed E-state index contributed by atoms with van der Waals surface area (Å²) >= 11 is 0. The number of esters is 1. The van der Waals surface area contributed by atoms with E-state index in [9.17, 15) is 14.4 Å². The van der Waals surface area contributed by atoms with Gasteiger partial charge in [0.2, 0.25) is 11.8 Å². The van der Waals surface area contributed by atoms with Crippen molar-refractivity contribution in [3.05, 3.63) is 46.8 Å². The Morgan fingerprint density at radius 2 is 1.74 bits per heavy atom. The minimum absolute atomic E-state index is 0.127. The third-order valence-corrected chi connectivity index (χ3v) is 4.26. The van der Waals surface area contributed by atoms with Crippen molar-refractivity contribution in [1.82, 2.24) is 15.1 Å². The number of aromatic nitrogens is 2. The normalized spacial score (nSPS) is 10.4. The average Bonchev–Trinajstić information content (AvgIpc) is 2.87. The van der Waals surface area contributed by atoms with Crippen LogP contribution in [0, 0.1) is 13.8 Å². The first kappa shape index (κ1) is 20.2. The molecular weight excluding hydrogens is 348 g/mol. The number of amides is 2. The van der Waals surface area contributed by atoms with Crippen molar-refractivity contribution in [3.63, 3.8) is 0 Å². The maximum absolute atomic E-state index is 12.3. The van der Waals surface area contributed by atoms with Gasteiger partial charge in [-0.25, -0.2) is 0 Å². The second-order valence-corrected chi connectivity index (χ2v) is 6.22. The fraction of sp³-hybridized carbons (Fsp3) is 0.368. The van der Waals surface area contributed by atoms with E-state index >= 15 is 0 Å². The molecule has 0 aliphatic heterocycles. The summed E-state index contributed by atoms with van der Waals surface area (Å²) in [6, 6.07) is 7.00. The zero-order valence-electron chi connectivity index (χ0n) is 16.0. The van der Waals surface area contributed by atoms with Crippen LogP contribution in [0.25, 0.3) is 0 Å². The highest BCUT2D eigenvalue weighted by Gasteiger charge is 2.14. The van der Waals surface area contributed by atoms with Gasteiger partial charge in [-0.1, -0.05) is 12.1 Å². The monoisotopic (exact) mass is 372 g/mol. The van der Waals surface area contributed by atoms with Gasteiger partial charge in [0.25, 0.3) is 0 Å². The average molecular weight is 372 g/mol. The standard InChI is InChI=1S/C19H24N4O4/c1-12-16(13(2)23(3)22-12)10-18(25)21-15-7-5-14(6-8-15)9-17(24)20-11-19(26)27-4/h5-8H,9-11H2,1-4H3,(H,20,24)(H,21,25). The van der Waals surface area contributed by atoms with Crippen LogP contribution in [0.3, 0.4) is 0 Å². The fourth-order valence-corrected chi connectivity index (χ4v) is 2.64. The van der Waals surface area contributed by atoms with Gasteiger partial charge in [-0.2, -0.15) is 5.10 Å². The lowest BCUT2D eigenvalue weighted by molar-refractivity contribution is -0.141. The number of nitrogens with zero attached hydrogens (tertiary/aromatic N) is 2. The van der Waals surface area contributed by atoms with E-state index in [1.165, 1.54) is 7.11 Å². The van der Waals surface area contributed by atoms with E-state index in [1.807, 2.05) is 20.9 Å². The molecule has 0 fully saturated rings. The first-order chi connectivity index (χ1) is 12.8. The van der Waals surface area contributed by atoms with Crippen LogP contribution >= 0.6 is 0 Å². The number of aryl methyl sites for hydroxylation is 2. The second kappa shape index (κ2) is 8.98. The zero-order valence-corrected chi connectivity index (χ0v) is 16.0. The fourth-order valence-electron chi connectivity index (χ4n) is 2.64. The molecule has 2 N–H and O–H groups in total. The van der Waals surface area contributed by atoms with Gasteiger partial charge in [0, 0.05) is 24.0 Å². The molecule has 0 aliphatic rings. The van der Waals surface area contributed by atoms with Gasteiger partial charge in [-0.15, -0.1) is 0 Å². The van der Waals surface area contributed by atoms with Crippen molar-refractivity contribution in [2.75, 3.05) is 19.0 Å². The number of methoxy groups -OCH3 is 1. The Hall–Kier alpha value is -3.16. The molecule has 1 aromatic carbocycles. The minimum Gasteiger partial charge on any atom is -0.468 e. The van der Waals surface area contributed by atoms with Gasteiger partial charge in [0.05, 0.1) is 25.6 Å². The molecule has 0 unspecified atom stereocenters. The molecule has 2 amide bonds. The van der Waals surface area contributed by atoms with Crippen LogP contribution in [-0.2, 0) is 39.0 Å². The zero-order chi connectivity index (χ0) is 20.0. The smallest absolute Gasteiger partial charge is 0.325 e. The predicted octanol–water partition coefficient (Wildman–Crippen LogP) is 1.05. The molecule has 144 valence electrons. The molecule has 1 aromatic heterocycles. The molecule has 0 atom stereocenters. The van der Waals surface area contributed by atoms with Crippen LogP contribution < -0.4 is 10.6 Å². The van der Waals surface area contributed by atoms with Crippen molar-refractivity contribution >= 4 is 23.5 Å². The first-order valence-electron chi connectivity index (χ1n) is 8.51. The molecule has 0 spiro atoms. The van der Waals surface area contributed by atoms with Crippen LogP contribution in [0.15, 0.2) is 24.3 Å². The highest BCUT2D eigenvalue weighted by atomic mass is 16.5. The number of hydrogen-bond donors (Lipinski definition) is 2. The number of carbonyl (C=O) groups is 3. The van der Waals surface area contributed by atoms with Gasteiger partial charge in [0.1, 0.15) is 6.54 Å². The molecule has 0 saturated carbocycles. The van der Waals surface area contributed by atoms with Crippen LogP contribution in [0.5, 0.6) is 0 Å². The van der Waals surface area contributed by atoms with Gasteiger partial charge in [0.15, 0.2) is 0 Å². The first-order valence-corrected chi connectivity index (χ1v) is 8.51. The summed E-state index contributed by atoms with van der Waals surface area (Å²) in [5.74, 6) is -0.905. The third-order valence-electron chi connectivity index (χ3n) is 4.26.